The number of carbonyl (C=O) groups excluding carboxylic acids is 1. The highest BCUT2D eigenvalue weighted by atomic mass is 32.2. The predicted molar refractivity (Wildman–Crippen MR) is 55.7 cm³/mol. The summed E-state index contributed by atoms with van der Waals surface area (Å²) in [4.78, 5) is 10.9. The molecule has 0 amide bonds. The molecule has 0 aliphatic carbocycles. The Morgan fingerprint density at radius 2 is 2.00 bits per heavy atom. The molecule has 0 aromatic carbocycles. The molecule has 1 heterocycles. The fourth-order valence-electron chi connectivity index (χ4n) is 1.49. The molecule has 86 valence electrons. The van der Waals surface area contributed by atoms with Crippen LogP contribution in [0.25, 0.3) is 0 Å². The van der Waals surface area contributed by atoms with E-state index in [-0.39, 0.29) is 6.10 Å². The molecule has 0 spiro atoms. The smallest absolute Gasteiger partial charge is 0.330 e. The van der Waals surface area contributed by atoms with Crippen LogP contribution in [0.5, 0.6) is 0 Å². The molecule has 0 atom stereocenters. The lowest BCUT2D eigenvalue weighted by Gasteiger charge is -2.29. The molecule has 0 aromatic heterocycles. The molecule has 0 N–H and O–H groups in total. The summed E-state index contributed by atoms with van der Waals surface area (Å²) in [6.45, 7) is 4.12. The third-order valence-electron chi connectivity index (χ3n) is 2.32. The first-order valence-electron chi connectivity index (χ1n) is 4.71. The van der Waals surface area contributed by atoms with Gasteiger partial charge in [-0.15, -0.1) is 0 Å². The predicted octanol–water partition coefficient (Wildman–Crippen LogP) is 0.140. The molecule has 0 aromatic rings. The first kappa shape index (κ1) is 12.2. The number of nitrogens with zero attached hydrogens (tertiary/aromatic N) is 1. The van der Waals surface area contributed by atoms with E-state index in [9.17, 15) is 13.2 Å². The van der Waals surface area contributed by atoms with E-state index in [0.717, 1.165) is 6.08 Å². The molecule has 1 aliphatic rings. The zero-order valence-corrected chi connectivity index (χ0v) is 9.50. The highest BCUT2D eigenvalue weighted by Crippen LogP contribution is 2.16. The number of hydrogen-bond acceptors (Lipinski definition) is 4. The van der Waals surface area contributed by atoms with Crippen LogP contribution in [0, 0.1) is 0 Å². The van der Waals surface area contributed by atoms with E-state index in [2.05, 4.69) is 6.58 Å². The molecule has 1 aliphatic heterocycles. The summed E-state index contributed by atoms with van der Waals surface area (Å²) in [7, 11) is -3.11. The second-order valence-corrected chi connectivity index (χ2v) is 5.48. The molecule has 0 bridgehead atoms. The number of hydrogen-bond donors (Lipinski definition) is 0. The van der Waals surface area contributed by atoms with Crippen molar-refractivity contribution in [1.29, 1.82) is 0 Å². The van der Waals surface area contributed by atoms with Gasteiger partial charge in [0.15, 0.2) is 0 Å². The maximum absolute atomic E-state index is 11.2. The van der Waals surface area contributed by atoms with Crippen molar-refractivity contribution in [3.8, 4) is 0 Å². The number of esters is 1. The Bertz CT molecular complexity index is 341. The van der Waals surface area contributed by atoms with Crippen molar-refractivity contribution in [3.63, 3.8) is 0 Å². The first-order chi connectivity index (χ1) is 6.93. The maximum Gasteiger partial charge on any atom is 0.330 e. The molecule has 15 heavy (non-hydrogen) atoms. The molecular formula is C9H15NO4S. The van der Waals surface area contributed by atoms with E-state index < -0.39 is 16.0 Å². The van der Waals surface area contributed by atoms with E-state index in [4.69, 9.17) is 4.74 Å². The number of piperidine rings is 1. The molecule has 5 nitrogen and oxygen atoms in total. The summed E-state index contributed by atoms with van der Waals surface area (Å²) in [5, 5.41) is 0. The molecule has 0 unspecified atom stereocenters. The highest BCUT2D eigenvalue weighted by Gasteiger charge is 2.26. The second-order valence-electron chi connectivity index (χ2n) is 3.50. The fourth-order valence-corrected chi connectivity index (χ4v) is 2.37. The Labute approximate surface area is 89.8 Å². The monoisotopic (exact) mass is 233 g/mol. The summed E-state index contributed by atoms with van der Waals surface area (Å²) in [5.41, 5.74) is 0. The lowest BCUT2D eigenvalue weighted by atomic mass is 10.1. The van der Waals surface area contributed by atoms with Crippen molar-refractivity contribution in [2.24, 2.45) is 0 Å². The number of sulfonamides is 1. The van der Waals surface area contributed by atoms with Crippen molar-refractivity contribution in [2.75, 3.05) is 19.3 Å². The minimum absolute atomic E-state index is 0.187. The van der Waals surface area contributed by atoms with Crippen LogP contribution in [-0.2, 0) is 19.6 Å². The van der Waals surface area contributed by atoms with E-state index in [1.165, 1.54) is 10.6 Å². The average Bonchev–Trinajstić information content (AvgIpc) is 2.17. The minimum atomic E-state index is -3.11. The summed E-state index contributed by atoms with van der Waals surface area (Å²) in [5.74, 6) is -0.451. The van der Waals surface area contributed by atoms with E-state index in [1.807, 2.05) is 0 Å². The SMILES string of the molecule is C=CC(=O)OC1CCN(S(C)(=O)=O)CC1. The topological polar surface area (TPSA) is 63.7 Å². The summed E-state index contributed by atoms with van der Waals surface area (Å²) in [6, 6.07) is 0. The highest BCUT2D eigenvalue weighted by molar-refractivity contribution is 7.88. The third-order valence-corrected chi connectivity index (χ3v) is 3.62. The molecular weight excluding hydrogens is 218 g/mol. The van der Waals surface area contributed by atoms with Crippen LogP contribution in [0.15, 0.2) is 12.7 Å². The van der Waals surface area contributed by atoms with E-state index >= 15 is 0 Å². The first-order valence-corrected chi connectivity index (χ1v) is 6.56. The summed E-state index contributed by atoms with van der Waals surface area (Å²) >= 11 is 0. The minimum Gasteiger partial charge on any atom is -0.459 e. The van der Waals surface area contributed by atoms with Gasteiger partial charge < -0.3 is 4.74 Å². The van der Waals surface area contributed by atoms with Gasteiger partial charge in [0.05, 0.1) is 6.26 Å². The lowest BCUT2D eigenvalue weighted by molar-refractivity contribution is -0.144. The maximum atomic E-state index is 11.2. The number of rotatable bonds is 3. The van der Waals surface area contributed by atoms with Gasteiger partial charge in [0.25, 0.3) is 0 Å². The molecule has 1 saturated heterocycles. The van der Waals surface area contributed by atoms with Crippen LogP contribution >= 0.6 is 0 Å². The van der Waals surface area contributed by atoms with Gasteiger partial charge in [-0.3, -0.25) is 0 Å². The lowest BCUT2D eigenvalue weighted by Crippen LogP contribution is -2.40. The van der Waals surface area contributed by atoms with Crippen molar-refractivity contribution in [1.82, 2.24) is 4.31 Å². The molecule has 0 radical (unpaired) electrons. The van der Waals surface area contributed by atoms with E-state index in [0.29, 0.717) is 25.9 Å². The fraction of sp³-hybridized carbons (Fsp3) is 0.667. The van der Waals surface area contributed by atoms with Crippen molar-refractivity contribution in [2.45, 2.75) is 18.9 Å². The van der Waals surface area contributed by atoms with Gasteiger partial charge in [-0.05, 0) is 12.8 Å². The molecule has 0 saturated carbocycles. The van der Waals surface area contributed by atoms with Gasteiger partial charge in [0.1, 0.15) is 6.10 Å². The molecule has 6 heteroatoms. The second kappa shape index (κ2) is 4.76. The standard InChI is InChI=1S/C9H15NO4S/c1-3-9(11)14-8-4-6-10(7-5-8)15(2,12)13/h3,8H,1,4-7H2,2H3. The van der Waals surface area contributed by atoms with Gasteiger partial charge in [-0.25, -0.2) is 17.5 Å². The van der Waals surface area contributed by atoms with Crippen LogP contribution < -0.4 is 0 Å². The van der Waals surface area contributed by atoms with Gasteiger partial charge >= 0.3 is 5.97 Å². The van der Waals surface area contributed by atoms with Gasteiger partial charge in [-0.2, -0.15) is 0 Å². The molecule has 1 rings (SSSR count). The van der Waals surface area contributed by atoms with Gasteiger partial charge in [0.2, 0.25) is 10.0 Å². The van der Waals surface area contributed by atoms with Crippen molar-refractivity contribution >= 4 is 16.0 Å². The number of carbonyl (C=O) groups is 1. The molecule has 1 fully saturated rings. The van der Waals surface area contributed by atoms with Crippen LogP contribution in [0.3, 0.4) is 0 Å². The quantitative estimate of drug-likeness (QED) is 0.514. The average molecular weight is 233 g/mol. The van der Waals surface area contributed by atoms with Gasteiger partial charge in [0, 0.05) is 19.2 Å². The Kier molecular flexibility index (Phi) is 3.87. The Hall–Kier alpha value is -0.880. The van der Waals surface area contributed by atoms with Crippen molar-refractivity contribution in [3.05, 3.63) is 12.7 Å². The van der Waals surface area contributed by atoms with Gasteiger partial charge in [-0.1, -0.05) is 6.58 Å². The summed E-state index contributed by atoms with van der Waals surface area (Å²) < 4.78 is 28.8. The van der Waals surface area contributed by atoms with Crippen molar-refractivity contribution < 1.29 is 17.9 Å². The Balaban J connectivity index is 2.43. The van der Waals surface area contributed by atoms with E-state index in [1.54, 1.807) is 0 Å². The number of ether oxygens (including phenoxy) is 1. The Morgan fingerprint density at radius 3 is 2.40 bits per heavy atom. The zero-order valence-electron chi connectivity index (χ0n) is 8.68. The normalized spacial score (nSPS) is 19.8. The Morgan fingerprint density at radius 1 is 1.47 bits per heavy atom. The van der Waals surface area contributed by atoms with Crippen LogP contribution in [-0.4, -0.2) is 44.1 Å². The van der Waals surface area contributed by atoms with Crippen LogP contribution in [0.2, 0.25) is 0 Å². The zero-order chi connectivity index (χ0) is 11.5. The van der Waals surface area contributed by atoms with Crippen LogP contribution in [0.4, 0.5) is 0 Å². The third kappa shape index (κ3) is 3.64. The van der Waals surface area contributed by atoms with Crippen LogP contribution in [0.1, 0.15) is 12.8 Å². The largest absolute Gasteiger partial charge is 0.459 e. The summed E-state index contributed by atoms with van der Waals surface area (Å²) in [6.07, 6.45) is 3.21.